The zero-order chi connectivity index (χ0) is 18.3. The lowest BCUT2D eigenvalue weighted by Crippen LogP contribution is -2.40. The standard InChI is InChI=1S/C22H30O3/c1-5-19(15-17-7-11-20(24-3)12-8-17)22(23,6-2)16-18-9-13-21(25-4)14-10-18/h7-14,19,23H,5-6,15-16H2,1-4H3. The zero-order valence-electron chi connectivity index (χ0n) is 15.8. The number of hydrogen-bond acceptors (Lipinski definition) is 3. The number of ether oxygens (including phenoxy) is 2. The predicted molar refractivity (Wildman–Crippen MR) is 102 cm³/mol. The first kappa shape index (κ1) is 19.3. The Morgan fingerprint density at radius 3 is 1.72 bits per heavy atom. The largest absolute Gasteiger partial charge is 0.497 e. The highest BCUT2D eigenvalue weighted by Gasteiger charge is 2.34. The molecule has 0 fully saturated rings. The van der Waals surface area contributed by atoms with E-state index in [0.29, 0.717) is 6.42 Å². The lowest BCUT2D eigenvalue weighted by atomic mass is 9.76. The molecule has 25 heavy (non-hydrogen) atoms. The van der Waals surface area contributed by atoms with Crippen molar-refractivity contribution in [2.24, 2.45) is 5.92 Å². The maximum absolute atomic E-state index is 11.4. The smallest absolute Gasteiger partial charge is 0.118 e. The number of benzene rings is 2. The second-order valence-electron chi connectivity index (χ2n) is 6.64. The Morgan fingerprint density at radius 1 is 0.840 bits per heavy atom. The van der Waals surface area contributed by atoms with Gasteiger partial charge >= 0.3 is 0 Å². The van der Waals surface area contributed by atoms with E-state index in [1.54, 1.807) is 14.2 Å². The summed E-state index contributed by atoms with van der Waals surface area (Å²) >= 11 is 0. The molecule has 3 nitrogen and oxygen atoms in total. The summed E-state index contributed by atoms with van der Waals surface area (Å²) in [6.07, 6.45) is 3.18. The second kappa shape index (κ2) is 8.91. The minimum absolute atomic E-state index is 0.202. The van der Waals surface area contributed by atoms with E-state index in [2.05, 4.69) is 26.0 Å². The Kier molecular flexibility index (Phi) is 6.89. The lowest BCUT2D eigenvalue weighted by Gasteiger charge is -2.35. The van der Waals surface area contributed by atoms with Crippen molar-refractivity contribution in [3.63, 3.8) is 0 Å². The fraction of sp³-hybridized carbons (Fsp3) is 0.455. The van der Waals surface area contributed by atoms with Gasteiger partial charge in [0.2, 0.25) is 0 Å². The van der Waals surface area contributed by atoms with Gasteiger partial charge in [-0.1, -0.05) is 44.5 Å². The van der Waals surface area contributed by atoms with Gasteiger partial charge in [0.15, 0.2) is 0 Å². The van der Waals surface area contributed by atoms with E-state index in [9.17, 15) is 5.11 Å². The fourth-order valence-corrected chi connectivity index (χ4v) is 3.42. The Hall–Kier alpha value is -2.00. The van der Waals surface area contributed by atoms with Gasteiger partial charge in [0.05, 0.1) is 19.8 Å². The molecule has 3 heteroatoms. The monoisotopic (exact) mass is 342 g/mol. The Balaban J connectivity index is 2.14. The van der Waals surface area contributed by atoms with Crippen LogP contribution >= 0.6 is 0 Å². The summed E-state index contributed by atoms with van der Waals surface area (Å²) in [5.41, 5.74) is 1.65. The molecule has 136 valence electrons. The highest BCUT2D eigenvalue weighted by atomic mass is 16.5. The Bertz CT molecular complexity index is 633. The first-order valence-corrected chi connectivity index (χ1v) is 9.02. The van der Waals surface area contributed by atoms with Gasteiger partial charge in [0.1, 0.15) is 11.5 Å². The summed E-state index contributed by atoms with van der Waals surface area (Å²) in [7, 11) is 3.34. The van der Waals surface area contributed by atoms with Crippen molar-refractivity contribution in [2.75, 3.05) is 14.2 Å². The summed E-state index contributed by atoms with van der Waals surface area (Å²) in [4.78, 5) is 0. The van der Waals surface area contributed by atoms with Gasteiger partial charge < -0.3 is 14.6 Å². The van der Waals surface area contributed by atoms with Crippen LogP contribution in [0.25, 0.3) is 0 Å². The van der Waals surface area contributed by atoms with Crippen LogP contribution in [0, 0.1) is 5.92 Å². The summed E-state index contributed by atoms with van der Waals surface area (Å²) in [6, 6.07) is 16.1. The third kappa shape index (κ3) is 4.99. The van der Waals surface area contributed by atoms with E-state index >= 15 is 0 Å². The van der Waals surface area contributed by atoms with Crippen molar-refractivity contribution >= 4 is 0 Å². The van der Waals surface area contributed by atoms with Crippen LogP contribution in [0.4, 0.5) is 0 Å². The molecule has 0 aromatic heterocycles. The molecule has 0 aliphatic rings. The maximum Gasteiger partial charge on any atom is 0.118 e. The molecule has 2 atom stereocenters. The van der Waals surface area contributed by atoms with Crippen molar-refractivity contribution in [2.45, 2.75) is 45.1 Å². The van der Waals surface area contributed by atoms with Crippen LogP contribution in [-0.2, 0) is 12.8 Å². The van der Waals surface area contributed by atoms with E-state index in [1.165, 1.54) is 5.56 Å². The quantitative estimate of drug-likeness (QED) is 0.720. The van der Waals surface area contributed by atoms with Crippen LogP contribution in [0.1, 0.15) is 37.8 Å². The van der Waals surface area contributed by atoms with Crippen LogP contribution < -0.4 is 9.47 Å². The van der Waals surface area contributed by atoms with Crippen molar-refractivity contribution in [3.05, 3.63) is 59.7 Å². The molecule has 0 radical (unpaired) electrons. The minimum Gasteiger partial charge on any atom is -0.497 e. The van der Waals surface area contributed by atoms with E-state index < -0.39 is 5.60 Å². The Labute approximate surface area is 151 Å². The number of methoxy groups -OCH3 is 2. The predicted octanol–water partition coefficient (Wildman–Crippen LogP) is 4.66. The van der Waals surface area contributed by atoms with Crippen LogP contribution in [0.5, 0.6) is 11.5 Å². The SMILES string of the molecule is CCC(Cc1ccc(OC)cc1)C(O)(CC)Cc1ccc(OC)cc1. The molecule has 2 unspecified atom stereocenters. The molecule has 2 aromatic rings. The number of aliphatic hydroxyl groups is 1. The molecule has 2 aromatic carbocycles. The summed E-state index contributed by atoms with van der Waals surface area (Å²) in [5.74, 6) is 1.91. The average molecular weight is 342 g/mol. The minimum atomic E-state index is -0.719. The molecule has 0 heterocycles. The molecule has 2 rings (SSSR count). The highest BCUT2D eigenvalue weighted by Crippen LogP contribution is 2.32. The lowest BCUT2D eigenvalue weighted by molar-refractivity contribution is -0.0237. The van der Waals surface area contributed by atoms with Crippen LogP contribution in [0.15, 0.2) is 48.5 Å². The molecule has 0 amide bonds. The van der Waals surface area contributed by atoms with Gasteiger partial charge in [0, 0.05) is 6.42 Å². The summed E-state index contributed by atoms with van der Waals surface area (Å²) in [5, 5.41) is 11.4. The Morgan fingerprint density at radius 2 is 1.32 bits per heavy atom. The van der Waals surface area contributed by atoms with Crippen LogP contribution in [0.2, 0.25) is 0 Å². The molecule has 0 spiro atoms. The second-order valence-corrected chi connectivity index (χ2v) is 6.64. The first-order valence-electron chi connectivity index (χ1n) is 9.02. The first-order chi connectivity index (χ1) is 12.0. The molecule has 0 bridgehead atoms. The normalized spacial score (nSPS) is 14.6. The van der Waals surface area contributed by atoms with Crippen LogP contribution in [0.3, 0.4) is 0 Å². The average Bonchev–Trinajstić information content (AvgIpc) is 2.67. The summed E-state index contributed by atoms with van der Waals surface area (Å²) in [6.45, 7) is 4.23. The topological polar surface area (TPSA) is 38.7 Å². The zero-order valence-corrected chi connectivity index (χ0v) is 15.8. The van der Waals surface area contributed by atoms with E-state index in [-0.39, 0.29) is 5.92 Å². The van der Waals surface area contributed by atoms with Gasteiger partial charge in [-0.05, 0) is 54.2 Å². The van der Waals surface area contributed by atoms with Crippen molar-refractivity contribution in [3.8, 4) is 11.5 Å². The molecule has 1 N–H and O–H groups in total. The number of hydrogen-bond donors (Lipinski definition) is 1. The molecule has 0 saturated heterocycles. The van der Waals surface area contributed by atoms with E-state index in [0.717, 1.165) is 36.3 Å². The van der Waals surface area contributed by atoms with E-state index in [1.807, 2.05) is 36.4 Å². The van der Waals surface area contributed by atoms with Gasteiger partial charge in [-0.3, -0.25) is 0 Å². The molecule has 0 aliphatic heterocycles. The van der Waals surface area contributed by atoms with Crippen molar-refractivity contribution in [1.29, 1.82) is 0 Å². The van der Waals surface area contributed by atoms with Gasteiger partial charge in [-0.15, -0.1) is 0 Å². The molecule has 0 aliphatic carbocycles. The van der Waals surface area contributed by atoms with Crippen LogP contribution in [-0.4, -0.2) is 24.9 Å². The van der Waals surface area contributed by atoms with Gasteiger partial charge in [-0.25, -0.2) is 0 Å². The molecule has 0 saturated carbocycles. The maximum atomic E-state index is 11.4. The third-order valence-corrected chi connectivity index (χ3v) is 5.18. The van der Waals surface area contributed by atoms with Crippen molar-refractivity contribution in [1.82, 2.24) is 0 Å². The molecular formula is C22H30O3. The van der Waals surface area contributed by atoms with E-state index in [4.69, 9.17) is 9.47 Å². The molecular weight excluding hydrogens is 312 g/mol. The van der Waals surface area contributed by atoms with Crippen molar-refractivity contribution < 1.29 is 14.6 Å². The summed E-state index contributed by atoms with van der Waals surface area (Å²) < 4.78 is 10.4. The fourth-order valence-electron chi connectivity index (χ4n) is 3.42. The van der Waals surface area contributed by atoms with Gasteiger partial charge in [0.25, 0.3) is 0 Å². The highest BCUT2D eigenvalue weighted by molar-refractivity contribution is 5.29. The van der Waals surface area contributed by atoms with Gasteiger partial charge in [-0.2, -0.15) is 0 Å². The third-order valence-electron chi connectivity index (χ3n) is 5.18. The number of rotatable bonds is 9.